The maximum atomic E-state index is 12.1. The molecule has 4 heteroatoms. The molecule has 94 valence electrons. The maximum Gasteiger partial charge on any atom is 0.387 e. The fourth-order valence-electron chi connectivity index (χ4n) is 1.48. The molecule has 2 nitrogen and oxygen atoms in total. The lowest BCUT2D eigenvalue weighted by molar-refractivity contribution is -0.0499. The maximum absolute atomic E-state index is 12.1. The van der Waals surface area contributed by atoms with Crippen LogP contribution >= 0.6 is 0 Å². The van der Waals surface area contributed by atoms with Gasteiger partial charge in [-0.25, -0.2) is 0 Å². The van der Waals surface area contributed by atoms with Crippen molar-refractivity contribution in [2.24, 2.45) is 0 Å². The number of hydrogen-bond acceptors (Lipinski definition) is 2. The molecule has 1 aromatic carbocycles. The number of ether oxygens (including phenoxy) is 1. The highest BCUT2D eigenvalue weighted by molar-refractivity contribution is 5.30. The monoisotopic (exact) mass is 241 g/mol. The van der Waals surface area contributed by atoms with E-state index in [0.29, 0.717) is 0 Å². The van der Waals surface area contributed by atoms with Crippen LogP contribution in [0.2, 0.25) is 0 Å². The van der Waals surface area contributed by atoms with Gasteiger partial charge in [0, 0.05) is 6.04 Å². The lowest BCUT2D eigenvalue weighted by Crippen LogP contribution is -2.19. The number of rotatable bonds is 7. The summed E-state index contributed by atoms with van der Waals surface area (Å²) in [4.78, 5) is 0. The number of benzene rings is 1. The molecule has 0 fully saturated rings. The Balaban J connectivity index is 2.60. The van der Waals surface area contributed by atoms with E-state index in [9.17, 15) is 8.78 Å². The van der Waals surface area contributed by atoms with Crippen molar-refractivity contribution in [2.45, 2.75) is 26.0 Å². The molecule has 0 saturated carbocycles. The van der Waals surface area contributed by atoms with Crippen molar-refractivity contribution < 1.29 is 13.5 Å². The van der Waals surface area contributed by atoms with Gasteiger partial charge in [0.05, 0.1) is 0 Å². The van der Waals surface area contributed by atoms with Crippen LogP contribution in [0.5, 0.6) is 5.75 Å². The van der Waals surface area contributed by atoms with Gasteiger partial charge in [-0.3, -0.25) is 0 Å². The Hall–Kier alpha value is -1.42. The van der Waals surface area contributed by atoms with E-state index in [1.165, 1.54) is 6.07 Å². The van der Waals surface area contributed by atoms with Crippen molar-refractivity contribution >= 4 is 0 Å². The smallest absolute Gasteiger partial charge is 0.387 e. The van der Waals surface area contributed by atoms with Crippen molar-refractivity contribution in [3.05, 3.63) is 42.5 Å². The summed E-state index contributed by atoms with van der Waals surface area (Å²) in [5, 5.41) is 3.27. The minimum absolute atomic E-state index is 0.0937. The first-order chi connectivity index (χ1) is 8.13. The molecule has 0 saturated heterocycles. The minimum atomic E-state index is -2.78. The van der Waals surface area contributed by atoms with E-state index in [4.69, 9.17) is 0 Å². The molecule has 0 heterocycles. The van der Waals surface area contributed by atoms with Gasteiger partial charge in [0.1, 0.15) is 5.75 Å². The van der Waals surface area contributed by atoms with E-state index >= 15 is 0 Å². The molecule has 1 unspecified atom stereocenters. The SMILES string of the molecule is C=CCCNC(C)c1cccc(OC(F)F)c1. The molecule has 0 aromatic heterocycles. The molecule has 0 amide bonds. The van der Waals surface area contributed by atoms with Gasteiger partial charge >= 0.3 is 6.61 Å². The van der Waals surface area contributed by atoms with E-state index in [0.717, 1.165) is 18.5 Å². The minimum Gasteiger partial charge on any atom is -0.435 e. The van der Waals surface area contributed by atoms with Crippen molar-refractivity contribution in [3.63, 3.8) is 0 Å². The summed E-state index contributed by atoms with van der Waals surface area (Å²) in [5.74, 6) is 0.190. The third kappa shape index (κ3) is 4.95. The zero-order chi connectivity index (χ0) is 12.7. The van der Waals surface area contributed by atoms with Crippen molar-refractivity contribution in [3.8, 4) is 5.75 Å². The molecule has 1 rings (SSSR count). The second-order valence-corrected chi connectivity index (χ2v) is 3.70. The molecule has 0 radical (unpaired) electrons. The Morgan fingerprint density at radius 3 is 2.88 bits per heavy atom. The van der Waals surface area contributed by atoms with Crippen LogP contribution in [0.1, 0.15) is 24.9 Å². The summed E-state index contributed by atoms with van der Waals surface area (Å²) in [7, 11) is 0. The highest BCUT2D eigenvalue weighted by atomic mass is 19.3. The fourth-order valence-corrected chi connectivity index (χ4v) is 1.48. The quantitative estimate of drug-likeness (QED) is 0.582. The van der Waals surface area contributed by atoms with Gasteiger partial charge in [-0.2, -0.15) is 8.78 Å². The second-order valence-electron chi connectivity index (χ2n) is 3.70. The molecule has 0 aliphatic heterocycles. The van der Waals surface area contributed by atoms with Crippen molar-refractivity contribution in [2.75, 3.05) is 6.54 Å². The van der Waals surface area contributed by atoms with Crippen molar-refractivity contribution in [1.29, 1.82) is 0 Å². The average Bonchev–Trinajstić information content (AvgIpc) is 2.28. The zero-order valence-electron chi connectivity index (χ0n) is 9.83. The Kier molecular flexibility index (Phi) is 5.63. The van der Waals surface area contributed by atoms with Gasteiger partial charge in [-0.05, 0) is 37.6 Å². The Morgan fingerprint density at radius 2 is 2.24 bits per heavy atom. The highest BCUT2D eigenvalue weighted by Gasteiger charge is 2.08. The predicted octanol–water partition coefficient (Wildman–Crippen LogP) is 3.51. The number of hydrogen-bond donors (Lipinski definition) is 1. The van der Waals surface area contributed by atoms with E-state index < -0.39 is 6.61 Å². The van der Waals surface area contributed by atoms with E-state index in [-0.39, 0.29) is 11.8 Å². The molecule has 0 bridgehead atoms. The van der Waals surface area contributed by atoms with Gasteiger partial charge in [0.15, 0.2) is 0 Å². The normalized spacial score (nSPS) is 12.5. The van der Waals surface area contributed by atoms with Crippen LogP contribution in [0.4, 0.5) is 8.78 Å². The fraction of sp³-hybridized carbons (Fsp3) is 0.385. The van der Waals surface area contributed by atoms with Crippen LogP contribution in [0.3, 0.4) is 0 Å². The lowest BCUT2D eigenvalue weighted by atomic mass is 10.1. The topological polar surface area (TPSA) is 21.3 Å². The van der Waals surface area contributed by atoms with Crippen LogP contribution in [-0.4, -0.2) is 13.2 Å². The summed E-state index contributed by atoms with van der Waals surface area (Å²) < 4.78 is 28.5. The first-order valence-electron chi connectivity index (χ1n) is 5.52. The predicted molar refractivity (Wildman–Crippen MR) is 64.3 cm³/mol. The molecular formula is C13H17F2NO. The van der Waals surface area contributed by atoms with Gasteiger partial charge in [0.25, 0.3) is 0 Å². The second kappa shape index (κ2) is 7.01. The van der Waals surface area contributed by atoms with Gasteiger partial charge < -0.3 is 10.1 Å². The standard InChI is InChI=1S/C13H17F2NO/c1-3-4-8-16-10(2)11-6-5-7-12(9-11)17-13(14)15/h3,5-7,9-10,13,16H,1,4,8H2,2H3. The van der Waals surface area contributed by atoms with Gasteiger partial charge in [0.2, 0.25) is 0 Å². The molecule has 0 spiro atoms. The highest BCUT2D eigenvalue weighted by Crippen LogP contribution is 2.20. The summed E-state index contributed by atoms with van der Waals surface area (Å²) in [6.07, 6.45) is 2.70. The number of halogens is 2. The van der Waals surface area contributed by atoms with E-state index in [2.05, 4.69) is 16.6 Å². The first-order valence-corrected chi connectivity index (χ1v) is 5.52. The molecule has 1 aromatic rings. The van der Waals surface area contributed by atoms with Crippen LogP contribution in [0.25, 0.3) is 0 Å². The van der Waals surface area contributed by atoms with Gasteiger partial charge in [-0.1, -0.05) is 18.2 Å². The summed E-state index contributed by atoms with van der Waals surface area (Å²) >= 11 is 0. The average molecular weight is 241 g/mol. The van der Waals surface area contributed by atoms with E-state index in [1.807, 2.05) is 19.1 Å². The number of alkyl halides is 2. The van der Waals surface area contributed by atoms with Crippen LogP contribution in [-0.2, 0) is 0 Å². The lowest BCUT2D eigenvalue weighted by Gasteiger charge is -2.14. The molecular weight excluding hydrogens is 224 g/mol. The summed E-state index contributed by atoms with van der Waals surface area (Å²) in [5.41, 5.74) is 0.923. The Labute approximate surface area is 100 Å². The summed E-state index contributed by atoms with van der Waals surface area (Å²) in [6, 6.07) is 6.82. The Morgan fingerprint density at radius 1 is 1.47 bits per heavy atom. The number of nitrogens with one attached hydrogen (secondary N) is 1. The van der Waals surface area contributed by atoms with Gasteiger partial charge in [-0.15, -0.1) is 6.58 Å². The third-order valence-corrected chi connectivity index (χ3v) is 2.38. The third-order valence-electron chi connectivity index (χ3n) is 2.38. The van der Waals surface area contributed by atoms with Crippen LogP contribution in [0.15, 0.2) is 36.9 Å². The van der Waals surface area contributed by atoms with Crippen LogP contribution in [0, 0.1) is 0 Å². The molecule has 1 atom stereocenters. The zero-order valence-corrected chi connectivity index (χ0v) is 9.83. The molecule has 1 N–H and O–H groups in total. The molecule has 17 heavy (non-hydrogen) atoms. The van der Waals surface area contributed by atoms with E-state index in [1.54, 1.807) is 12.1 Å². The first kappa shape index (κ1) is 13.6. The van der Waals surface area contributed by atoms with Crippen LogP contribution < -0.4 is 10.1 Å². The van der Waals surface area contributed by atoms with Crippen molar-refractivity contribution in [1.82, 2.24) is 5.32 Å². The summed E-state index contributed by atoms with van der Waals surface area (Å²) in [6.45, 7) is 3.64. The molecule has 0 aliphatic rings. The largest absolute Gasteiger partial charge is 0.435 e. The molecule has 0 aliphatic carbocycles. The Bertz CT molecular complexity index is 355.